The van der Waals surface area contributed by atoms with Crippen LogP contribution in [0.1, 0.15) is 48.8 Å². The maximum absolute atomic E-state index is 14.4. The molecule has 0 unspecified atom stereocenters. The Hall–Kier alpha value is -5.20. The fraction of sp³-hybridized carbons (Fsp3) is 0.216. The van der Waals surface area contributed by atoms with Crippen LogP contribution < -0.4 is 5.19 Å². The summed E-state index contributed by atoms with van der Waals surface area (Å²) in [7, 11) is -1.46. The minimum Gasteiger partial charge on any atom is -0.499 e. The van der Waals surface area contributed by atoms with E-state index in [0.717, 1.165) is 78.5 Å². The third-order valence-corrected chi connectivity index (χ3v) is 12.4. The van der Waals surface area contributed by atoms with E-state index in [1.807, 2.05) is 37.3 Å². The zero-order chi connectivity index (χ0) is 40.1. The monoisotopic (exact) mass is 958 g/mol. The Morgan fingerprint density at radius 2 is 1.45 bits per heavy atom. The van der Waals surface area contributed by atoms with Crippen LogP contribution >= 0.6 is 0 Å². The second-order valence-electron chi connectivity index (χ2n) is 17.2. The summed E-state index contributed by atoms with van der Waals surface area (Å²) in [6, 6.07) is 44.1. The molecule has 0 amide bonds. The predicted octanol–water partition coefficient (Wildman–Crippen LogP) is 13.2. The molecule has 7 heteroatoms. The van der Waals surface area contributed by atoms with Gasteiger partial charge in [0.2, 0.25) is 0 Å². The first-order chi connectivity index (χ1) is 27.2. The Kier molecular flexibility index (Phi) is 11.5. The zero-order valence-electron chi connectivity index (χ0n) is 34.2. The molecule has 58 heavy (non-hydrogen) atoms. The van der Waals surface area contributed by atoms with Crippen LogP contribution in [0.15, 0.2) is 118 Å². The number of benzene rings is 5. The van der Waals surface area contributed by atoms with Gasteiger partial charge in [0.25, 0.3) is 0 Å². The Bertz CT molecular complexity index is 2920. The standard InChI is InChI=1S/C30H19N2O2.C21H27FSi.Ir/c1-18-14-24-21-11-7-12-22(25-16-23-20-10-5-6-13-27(20)33-28(23)17-31-25)29(21)34-30(24)26(32-18)15-19-8-3-2-4-9-19;1-15-9-8-10-18(20(15)22)16-11-12-19(23(5,6)7)17(13-16)14-21(2,3)4;/h2-11,13-14,16-17H,15H2,1H3;8-9,12-13H,14H2,1-7H3;/q-1;-2;+3. The number of fused-ring (bicyclic) bond motifs is 6. The number of aryl methyl sites for hydroxylation is 2. The Morgan fingerprint density at radius 1 is 0.724 bits per heavy atom. The van der Waals surface area contributed by atoms with Crippen molar-refractivity contribution in [1.82, 2.24) is 9.97 Å². The number of pyridine rings is 2. The van der Waals surface area contributed by atoms with Crippen molar-refractivity contribution in [3.8, 4) is 22.4 Å². The summed E-state index contributed by atoms with van der Waals surface area (Å²) in [6.07, 6.45) is 3.48. The van der Waals surface area contributed by atoms with Crippen molar-refractivity contribution < 1.29 is 33.3 Å². The SMILES string of the molecule is Cc1cc2c(oc3c(-c4cc5c(cn4)oc4ccccc45)[c-]ccc32)c(Cc2ccccc2)n1.Cc1cc[c-]c(-c2[c-]cc([Si](C)(C)C)c(CC(C)(C)C)c2)c1F.[Ir+3]. The first-order valence-corrected chi connectivity index (χ1v) is 23.0. The molecular formula is C51H46FIrN2O2Si. The van der Waals surface area contributed by atoms with Gasteiger partial charge in [-0.05, 0) is 48.0 Å². The van der Waals surface area contributed by atoms with Crippen LogP contribution in [-0.4, -0.2) is 18.0 Å². The van der Waals surface area contributed by atoms with Crippen LogP contribution in [0.4, 0.5) is 4.39 Å². The molecule has 0 aliphatic rings. The summed E-state index contributed by atoms with van der Waals surface area (Å²) in [6.45, 7) is 17.6. The van der Waals surface area contributed by atoms with Crippen molar-refractivity contribution in [2.45, 2.75) is 67.1 Å². The van der Waals surface area contributed by atoms with Gasteiger partial charge < -0.3 is 13.8 Å². The van der Waals surface area contributed by atoms with Gasteiger partial charge in [0.05, 0.1) is 17.5 Å². The van der Waals surface area contributed by atoms with Crippen LogP contribution in [0.5, 0.6) is 0 Å². The van der Waals surface area contributed by atoms with Gasteiger partial charge in [0.15, 0.2) is 5.58 Å². The summed E-state index contributed by atoms with van der Waals surface area (Å²) < 4.78 is 26.9. The fourth-order valence-corrected chi connectivity index (χ4v) is 9.32. The van der Waals surface area contributed by atoms with E-state index in [0.29, 0.717) is 17.5 Å². The molecule has 4 heterocycles. The number of hydrogen-bond donors (Lipinski definition) is 0. The van der Waals surface area contributed by atoms with Crippen molar-refractivity contribution in [1.29, 1.82) is 0 Å². The Balaban J connectivity index is 0.000000188. The number of rotatable bonds is 6. The number of nitrogens with zero attached hydrogens (tertiary/aromatic N) is 2. The second kappa shape index (κ2) is 16.2. The zero-order valence-corrected chi connectivity index (χ0v) is 37.6. The van der Waals surface area contributed by atoms with Gasteiger partial charge >= 0.3 is 20.1 Å². The maximum atomic E-state index is 14.4. The predicted molar refractivity (Wildman–Crippen MR) is 235 cm³/mol. The number of furan rings is 2. The van der Waals surface area contributed by atoms with E-state index in [1.165, 1.54) is 16.3 Å². The van der Waals surface area contributed by atoms with Gasteiger partial charge in [-0.25, -0.2) is 5.56 Å². The van der Waals surface area contributed by atoms with Crippen molar-refractivity contribution in [2.24, 2.45) is 5.41 Å². The first-order valence-electron chi connectivity index (χ1n) is 19.5. The molecule has 9 aromatic rings. The quantitative estimate of drug-likeness (QED) is 0.123. The smallest absolute Gasteiger partial charge is 0.499 e. The molecule has 0 spiro atoms. The summed E-state index contributed by atoms with van der Waals surface area (Å²) in [5.41, 5.74) is 11.5. The summed E-state index contributed by atoms with van der Waals surface area (Å²) in [5, 5.41) is 5.64. The molecule has 9 rings (SSSR count). The minimum atomic E-state index is -1.46. The van der Waals surface area contributed by atoms with Gasteiger partial charge in [0.1, 0.15) is 11.2 Å². The molecule has 0 N–H and O–H groups in total. The molecule has 5 aromatic carbocycles. The largest absolute Gasteiger partial charge is 3.00 e. The Morgan fingerprint density at radius 3 is 2.21 bits per heavy atom. The van der Waals surface area contributed by atoms with Gasteiger partial charge in [-0.3, -0.25) is 9.37 Å². The van der Waals surface area contributed by atoms with Gasteiger partial charge in [0, 0.05) is 36.3 Å². The van der Waals surface area contributed by atoms with E-state index in [-0.39, 0.29) is 31.3 Å². The Labute approximate surface area is 354 Å². The molecular weight excluding hydrogens is 912 g/mol. The average molecular weight is 958 g/mol. The molecule has 292 valence electrons. The number of aromatic nitrogens is 2. The van der Waals surface area contributed by atoms with Crippen molar-refractivity contribution >= 4 is 57.1 Å². The third kappa shape index (κ3) is 8.35. The van der Waals surface area contributed by atoms with Crippen LogP contribution in [0.25, 0.3) is 66.3 Å². The number of halogens is 1. The van der Waals surface area contributed by atoms with Crippen molar-refractivity contribution in [3.63, 3.8) is 0 Å². The fourth-order valence-electron chi connectivity index (χ4n) is 7.69. The molecule has 0 bridgehead atoms. The molecule has 4 aromatic heterocycles. The van der Waals surface area contributed by atoms with Crippen LogP contribution in [0, 0.1) is 43.3 Å². The maximum Gasteiger partial charge on any atom is 3.00 e. The van der Waals surface area contributed by atoms with Crippen LogP contribution in [-0.2, 0) is 32.9 Å². The normalized spacial score (nSPS) is 11.9. The second-order valence-corrected chi connectivity index (χ2v) is 22.3. The molecule has 0 saturated carbocycles. The van der Waals surface area contributed by atoms with Gasteiger partial charge in [-0.1, -0.05) is 113 Å². The molecule has 0 aliphatic carbocycles. The minimum absolute atomic E-state index is 0. The topological polar surface area (TPSA) is 52.1 Å². The van der Waals surface area contributed by atoms with E-state index in [1.54, 1.807) is 25.3 Å². The molecule has 4 nitrogen and oxygen atoms in total. The molecule has 0 atom stereocenters. The molecule has 0 aliphatic heterocycles. The number of hydrogen-bond acceptors (Lipinski definition) is 4. The van der Waals surface area contributed by atoms with E-state index in [4.69, 9.17) is 18.8 Å². The van der Waals surface area contributed by atoms with E-state index < -0.39 is 8.07 Å². The summed E-state index contributed by atoms with van der Waals surface area (Å²) in [4.78, 5) is 9.53. The number of para-hydroxylation sites is 1. The van der Waals surface area contributed by atoms with Gasteiger partial charge in [-0.2, -0.15) is 35.9 Å². The van der Waals surface area contributed by atoms with Gasteiger partial charge in [-0.15, -0.1) is 40.6 Å². The van der Waals surface area contributed by atoms with E-state index >= 15 is 0 Å². The molecule has 0 radical (unpaired) electrons. The van der Waals surface area contributed by atoms with Crippen LogP contribution in [0.3, 0.4) is 0 Å². The van der Waals surface area contributed by atoms with E-state index in [9.17, 15) is 4.39 Å². The first kappa shape index (κ1) is 41.0. The molecule has 0 saturated heterocycles. The van der Waals surface area contributed by atoms with Crippen molar-refractivity contribution in [3.05, 3.63) is 161 Å². The summed E-state index contributed by atoms with van der Waals surface area (Å²) >= 11 is 0. The summed E-state index contributed by atoms with van der Waals surface area (Å²) in [5.74, 6) is -0.189. The van der Waals surface area contributed by atoms with E-state index in [2.05, 4.69) is 119 Å². The molecule has 0 fully saturated rings. The van der Waals surface area contributed by atoms with Crippen molar-refractivity contribution in [2.75, 3.05) is 0 Å². The third-order valence-electron chi connectivity index (χ3n) is 10.3. The average Bonchev–Trinajstić information content (AvgIpc) is 3.74. The van der Waals surface area contributed by atoms with Crippen LogP contribution in [0.2, 0.25) is 19.6 Å².